The van der Waals surface area contributed by atoms with Gasteiger partial charge in [0.05, 0.1) is 6.61 Å². The lowest BCUT2D eigenvalue weighted by atomic mass is 10.1. The molecule has 0 aliphatic heterocycles. The molecule has 0 atom stereocenters. The summed E-state index contributed by atoms with van der Waals surface area (Å²) >= 11 is 0. The molecule has 136 valence electrons. The van der Waals surface area contributed by atoms with Crippen LogP contribution in [0.15, 0.2) is 54.6 Å². The highest BCUT2D eigenvalue weighted by molar-refractivity contribution is 5.27. The molecule has 0 saturated carbocycles. The van der Waals surface area contributed by atoms with E-state index in [1.807, 2.05) is 0 Å². The molecule has 0 heterocycles. The number of nitrogens with one attached hydrogen (secondary N) is 1. The van der Waals surface area contributed by atoms with E-state index >= 15 is 0 Å². The fourth-order valence-corrected chi connectivity index (χ4v) is 2.89. The summed E-state index contributed by atoms with van der Waals surface area (Å²) in [5, 5.41) is 3.52. The van der Waals surface area contributed by atoms with Gasteiger partial charge in [-0.3, -0.25) is 0 Å². The molecule has 2 heteroatoms. The van der Waals surface area contributed by atoms with Gasteiger partial charge in [-0.05, 0) is 49.1 Å². The van der Waals surface area contributed by atoms with Crippen LogP contribution in [0, 0.1) is 0 Å². The average molecular weight is 340 g/mol. The first-order chi connectivity index (χ1) is 12.4. The predicted octanol–water partition coefficient (Wildman–Crippen LogP) is 5.76. The van der Waals surface area contributed by atoms with Crippen molar-refractivity contribution in [1.82, 2.24) is 5.32 Å². The van der Waals surface area contributed by atoms with Crippen LogP contribution in [-0.4, -0.2) is 13.2 Å². The Labute approximate surface area is 153 Å². The zero-order valence-electron chi connectivity index (χ0n) is 15.7. The van der Waals surface area contributed by atoms with E-state index in [0.29, 0.717) is 0 Å². The molecule has 2 nitrogen and oxygen atoms in total. The van der Waals surface area contributed by atoms with Crippen molar-refractivity contribution in [2.75, 3.05) is 13.2 Å². The maximum absolute atomic E-state index is 5.81. The van der Waals surface area contributed by atoms with E-state index < -0.39 is 0 Å². The summed E-state index contributed by atoms with van der Waals surface area (Å²) in [5.74, 6) is 0.989. The van der Waals surface area contributed by atoms with Gasteiger partial charge in [0.15, 0.2) is 0 Å². The van der Waals surface area contributed by atoms with Crippen LogP contribution in [0.2, 0.25) is 0 Å². The third kappa shape index (κ3) is 8.74. The number of hydrogen-bond donors (Lipinski definition) is 1. The molecule has 0 fully saturated rings. The first-order valence-corrected chi connectivity index (χ1v) is 9.85. The van der Waals surface area contributed by atoms with Gasteiger partial charge in [-0.25, -0.2) is 0 Å². The monoisotopic (exact) mass is 339 g/mol. The van der Waals surface area contributed by atoms with E-state index in [-0.39, 0.29) is 0 Å². The molecule has 0 aromatic heterocycles. The molecule has 2 aromatic carbocycles. The summed E-state index contributed by atoms with van der Waals surface area (Å²) in [6.45, 7) is 5.05. The maximum Gasteiger partial charge on any atom is 0.119 e. The Bertz CT molecular complexity index is 550. The standard InChI is InChI=1S/C23H33NO/c1-2-3-4-5-9-19-25-23-16-14-22(15-17-23)20-24-18-10-13-21-11-7-6-8-12-21/h6-8,11-12,14-17,24H,2-5,9-10,13,18-20H2,1H3. The zero-order chi connectivity index (χ0) is 17.6. The van der Waals surface area contributed by atoms with Crippen molar-refractivity contribution in [2.24, 2.45) is 0 Å². The van der Waals surface area contributed by atoms with Crippen LogP contribution in [0.25, 0.3) is 0 Å². The maximum atomic E-state index is 5.81. The van der Waals surface area contributed by atoms with E-state index in [2.05, 4.69) is 66.8 Å². The summed E-state index contributed by atoms with van der Waals surface area (Å²) in [5.41, 5.74) is 2.73. The number of rotatable bonds is 13. The molecule has 2 rings (SSSR count). The molecule has 0 bridgehead atoms. The van der Waals surface area contributed by atoms with E-state index in [9.17, 15) is 0 Å². The Hall–Kier alpha value is -1.80. The van der Waals surface area contributed by atoms with Crippen LogP contribution >= 0.6 is 0 Å². The number of hydrogen-bond acceptors (Lipinski definition) is 2. The smallest absolute Gasteiger partial charge is 0.119 e. The molecule has 0 aliphatic rings. The van der Waals surface area contributed by atoms with Crippen molar-refractivity contribution in [2.45, 2.75) is 58.4 Å². The normalized spacial score (nSPS) is 10.8. The van der Waals surface area contributed by atoms with Crippen molar-refractivity contribution < 1.29 is 4.74 Å². The van der Waals surface area contributed by atoms with E-state index in [0.717, 1.165) is 38.3 Å². The second-order valence-electron chi connectivity index (χ2n) is 6.67. The zero-order valence-corrected chi connectivity index (χ0v) is 15.7. The molecule has 0 saturated heterocycles. The number of aryl methyl sites for hydroxylation is 1. The van der Waals surface area contributed by atoms with Gasteiger partial charge in [-0.15, -0.1) is 0 Å². The Balaban J connectivity index is 1.54. The van der Waals surface area contributed by atoms with Crippen LogP contribution in [0.1, 0.15) is 56.6 Å². The van der Waals surface area contributed by atoms with Crippen LogP contribution in [0.5, 0.6) is 5.75 Å². The third-order valence-corrected chi connectivity index (χ3v) is 4.43. The molecule has 0 radical (unpaired) electrons. The quantitative estimate of drug-likeness (QED) is 0.469. The molecule has 0 amide bonds. The van der Waals surface area contributed by atoms with Gasteiger partial charge in [0, 0.05) is 6.54 Å². The minimum atomic E-state index is 0.834. The van der Waals surface area contributed by atoms with Gasteiger partial charge in [0.2, 0.25) is 0 Å². The molecule has 1 N–H and O–H groups in total. The average Bonchev–Trinajstić information content (AvgIpc) is 2.66. The highest BCUT2D eigenvalue weighted by Crippen LogP contribution is 2.13. The highest BCUT2D eigenvalue weighted by Gasteiger charge is 1.97. The molecule has 0 spiro atoms. The molecular formula is C23H33NO. The molecule has 25 heavy (non-hydrogen) atoms. The van der Waals surface area contributed by atoms with E-state index in [4.69, 9.17) is 4.74 Å². The highest BCUT2D eigenvalue weighted by atomic mass is 16.5. The van der Waals surface area contributed by atoms with Gasteiger partial charge >= 0.3 is 0 Å². The van der Waals surface area contributed by atoms with Gasteiger partial charge in [-0.1, -0.05) is 75.1 Å². The Morgan fingerprint density at radius 1 is 0.760 bits per heavy atom. The second-order valence-corrected chi connectivity index (χ2v) is 6.67. The largest absolute Gasteiger partial charge is 0.494 e. The molecule has 2 aromatic rings. The Morgan fingerprint density at radius 3 is 2.28 bits per heavy atom. The summed E-state index contributed by atoms with van der Waals surface area (Å²) in [7, 11) is 0. The lowest BCUT2D eigenvalue weighted by Gasteiger charge is -2.08. The first-order valence-electron chi connectivity index (χ1n) is 9.85. The van der Waals surface area contributed by atoms with Crippen LogP contribution < -0.4 is 10.1 Å². The van der Waals surface area contributed by atoms with E-state index in [1.165, 1.54) is 43.2 Å². The second kappa shape index (κ2) is 12.5. The number of benzene rings is 2. The third-order valence-electron chi connectivity index (χ3n) is 4.43. The minimum absolute atomic E-state index is 0.834. The lowest BCUT2D eigenvalue weighted by Crippen LogP contribution is -2.15. The van der Waals surface area contributed by atoms with Gasteiger partial charge in [-0.2, -0.15) is 0 Å². The minimum Gasteiger partial charge on any atom is -0.494 e. The topological polar surface area (TPSA) is 21.3 Å². The summed E-state index contributed by atoms with van der Waals surface area (Å²) in [4.78, 5) is 0. The molecule has 0 aliphatic carbocycles. The van der Waals surface area contributed by atoms with Crippen molar-refractivity contribution in [1.29, 1.82) is 0 Å². The van der Waals surface area contributed by atoms with Crippen molar-refractivity contribution in [3.05, 3.63) is 65.7 Å². The van der Waals surface area contributed by atoms with Crippen molar-refractivity contribution in [3.8, 4) is 5.75 Å². The van der Waals surface area contributed by atoms with Crippen LogP contribution in [0.4, 0.5) is 0 Å². The van der Waals surface area contributed by atoms with E-state index in [1.54, 1.807) is 0 Å². The summed E-state index contributed by atoms with van der Waals surface area (Å²) in [6, 6.07) is 19.2. The predicted molar refractivity (Wildman–Crippen MR) is 107 cm³/mol. The Kier molecular flexibility index (Phi) is 9.80. The fourth-order valence-electron chi connectivity index (χ4n) is 2.89. The number of ether oxygens (including phenoxy) is 1. The van der Waals surface area contributed by atoms with Crippen molar-refractivity contribution in [3.63, 3.8) is 0 Å². The lowest BCUT2D eigenvalue weighted by molar-refractivity contribution is 0.304. The number of unbranched alkanes of at least 4 members (excludes halogenated alkanes) is 4. The SMILES string of the molecule is CCCCCCCOc1ccc(CNCCCc2ccccc2)cc1. The molecule has 0 unspecified atom stereocenters. The molecular weight excluding hydrogens is 306 g/mol. The van der Waals surface area contributed by atoms with Crippen LogP contribution in [-0.2, 0) is 13.0 Å². The summed E-state index contributed by atoms with van der Waals surface area (Å²) < 4.78 is 5.81. The first kappa shape index (κ1) is 19.5. The fraction of sp³-hybridized carbons (Fsp3) is 0.478. The van der Waals surface area contributed by atoms with Gasteiger partial charge in [0.25, 0.3) is 0 Å². The van der Waals surface area contributed by atoms with Gasteiger partial charge < -0.3 is 10.1 Å². The summed E-state index contributed by atoms with van der Waals surface area (Å²) in [6.07, 6.45) is 8.70. The van der Waals surface area contributed by atoms with Gasteiger partial charge in [0.1, 0.15) is 5.75 Å². The Morgan fingerprint density at radius 2 is 1.52 bits per heavy atom. The van der Waals surface area contributed by atoms with Crippen LogP contribution in [0.3, 0.4) is 0 Å². The van der Waals surface area contributed by atoms with Crippen molar-refractivity contribution >= 4 is 0 Å².